The molecule has 31 heavy (non-hydrogen) atoms. The molecule has 6 nitrogen and oxygen atoms in total. The van der Waals surface area contributed by atoms with Crippen molar-refractivity contribution in [3.05, 3.63) is 59.7 Å². The van der Waals surface area contributed by atoms with Gasteiger partial charge in [0.2, 0.25) is 5.91 Å². The van der Waals surface area contributed by atoms with E-state index in [0.29, 0.717) is 32.4 Å². The number of nitrogens with one attached hydrogen (secondary N) is 2. The van der Waals surface area contributed by atoms with E-state index in [1.54, 1.807) is 12.0 Å². The first-order chi connectivity index (χ1) is 14.7. The van der Waals surface area contributed by atoms with Crippen LogP contribution in [0.2, 0.25) is 0 Å². The third kappa shape index (κ3) is 6.37. The van der Waals surface area contributed by atoms with E-state index >= 15 is 0 Å². The predicted molar refractivity (Wildman–Crippen MR) is 110 cm³/mol. The summed E-state index contributed by atoms with van der Waals surface area (Å²) in [7, 11) is 1.59. The van der Waals surface area contributed by atoms with Crippen molar-refractivity contribution in [3.8, 4) is 5.75 Å². The maximum absolute atomic E-state index is 12.6. The van der Waals surface area contributed by atoms with Crippen LogP contribution in [0.3, 0.4) is 0 Å². The fraction of sp³-hybridized carbons (Fsp3) is 0.364. The molecule has 1 heterocycles. The smallest absolute Gasteiger partial charge is 0.416 e. The summed E-state index contributed by atoms with van der Waals surface area (Å²) in [5, 5.41) is 5.34. The number of nitrogens with zero attached hydrogens (tertiary/aromatic N) is 1. The van der Waals surface area contributed by atoms with Gasteiger partial charge in [-0.2, -0.15) is 13.2 Å². The van der Waals surface area contributed by atoms with Gasteiger partial charge in [-0.15, -0.1) is 0 Å². The van der Waals surface area contributed by atoms with Crippen molar-refractivity contribution in [2.24, 2.45) is 0 Å². The van der Waals surface area contributed by atoms with Crippen LogP contribution in [0, 0.1) is 0 Å². The predicted octanol–water partition coefficient (Wildman–Crippen LogP) is 4.42. The minimum Gasteiger partial charge on any atom is -0.497 e. The van der Waals surface area contributed by atoms with E-state index in [4.69, 9.17) is 4.74 Å². The van der Waals surface area contributed by atoms with Crippen LogP contribution in [-0.2, 0) is 17.5 Å². The Bertz CT molecular complexity index is 916. The minimum atomic E-state index is -4.43. The highest BCUT2D eigenvalue weighted by molar-refractivity contribution is 5.89. The summed E-state index contributed by atoms with van der Waals surface area (Å²) >= 11 is 0. The lowest BCUT2D eigenvalue weighted by molar-refractivity contribution is -0.137. The largest absolute Gasteiger partial charge is 0.497 e. The van der Waals surface area contributed by atoms with E-state index in [9.17, 15) is 22.8 Å². The van der Waals surface area contributed by atoms with Crippen LogP contribution in [0.25, 0.3) is 0 Å². The second-order valence-electron chi connectivity index (χ2n) is 7.36. The fourth-order valence-corrected chi connectivity index (χ4v) is 3.43. The van der Waals surface area contributed by atoms with E-state index in [-0.39, 0.29) is 17.6 Å². The zero-order chi connectivity index (χ0) is 22.4. The maximum atomic E-state index is 12.6. The summed E-state index contributed by atoms with van der Waals surface area (Å²) in [6, 6.07) is 11.0. The number of methoxy groups -OCH3 is 1. The number of hydrogen-bond donors (Lipinski definition) is 2. The zero-order valence-electron chi connectivity index (χ0n) is 17.0. The number of ether oxygens (including phenoxy) is 1. The van der Waals surface area contributed by atoms with Crippen molar-refractivity contribution >= 4 is 17.6 Å². The Morgan fingerprint density at radius 3 is 2.58 bits per heavy atom. The average Bonchev–Trinajstić information content (AvgIpc) is 2.90. The summed E-state index contributed by atoms with van der Waals surface area (Å²) in [5.74, 6) is 0.731. The van der Waals surface area contributed by atoms with Crippen LogP contribution in [0.4, 0.5) is 23.7 Å². The molecule has 1 unspecified atom stereocenters. The standard InChI is InChI=1S/C22H24F3N3O3/c1-31-19-4-2-3-15(13-19)14-28-12-11-18(9-10-20(28)29)27-21(30)26-17-7-5-16(6-8-17)22(23,24)25/h2-8,13,18H,9-12,14H2,1H3,(H2,26,27,30). The molecule has 2 aromatic rings. The molecule has 0 spiro atoms. The van der Waals surface area contributed by atoms with Crippen molar-refractivity contribution in [1.82, 2.24) is 10.2 Å². The van der Waals surface area contributed by atoms with Gasteiger partial charge in [-0.1, -0.05) is 12.1 Å². The highest BCUT2D eigenvalue weighted by Gasteiger charge is 2.30. The topological polar surface area (TPSA) is 70.7 Å². The number of hydrogen-bond acceptors (Lipinski definition) is 3. The molecule has 0 saturated carbocycles. The number of rotatable bonds is 5. The molecule has 1 aliphatic rings. The number of benzene rings is 2. The monoisotopic (exact) mass is 435 g/mol. The Hall–Kier alpha value is -3.23. The minimum absolute atomic E-state index is 0.00951. The van der Waals surface area contributed by atoms with Crippen molar-refractivity contribution in [2.75, 3.05) is 19.0 Å². The molecule has 0 aromatic heterocycles. The quantitative estimate of drug-likeness (QED) is 0.731. The molecule has 1 atom stereocenters. The molecule has 0 aliphatic carbocycles. The van der Waals surface area contributed by atoms with E-state index < -0.39 is 17.8 Å². The second kappa shape index (κ2) is 9.72. The van der Waals surface area contributed by atoms with Crippen LogP contribution < -0.4 is 15.4 Å². The third-order valence-electron chi connectivity index (χ3n) is 5.12. The number of halogens is 3. The molecule has 3 rings (SSSR count). The van der Waals surface area contributed by atoms with Gasteiger partial charge in [0.05, 0.1) is 12.7 Å². The van der Waals surface area contributed by atoms with E-state index in [2.05, 4.69) is 10.6 Å². The first-order valence-electron chi connectivity index (χ1n) is 9.90. The lowest BCUT2D eigenvalue weighted by Crippen LogP contribution is -2.38. The number of carbonyl (C=O) groups excluding carboxylic acids is 2. The number of amides is 3. The van der Waals surface area contributed by atoms with Crippen LogP contribution in [0.1, 0.15) is 30.4 Å². The molecular weight excluding hydrogens is 411 g/mol. The maximum Gasteiger partial charge on any atom is 0.416 e. The van der Waals surface area contributed by atoms with Gasteiger partial charge in [-0.05, 0) is 54.8 Å². The first kappa shape index (κ1) is 22.5. The molecule has 2 aromatic carbocycles. The van der Waals surface area contributed by atoms with Crippen molar-refractivity contribution in [1.29, 1.82) is 0 Å². The van der Waals surface area contributed by atoms with Gasteiger partial charge >= 0.3 is 12.2 Å². The van der Waals surface area contributed by atoms with Crippen molar-refractivity contribution in [2.45, 2.75) is 38.0 Å². The summed E-state index contributed by atoms with van der Waals surface area (Å²) in [5.41, 5.74) is 0.436. The number of likely N-dealkylation sites (tertiary alicyclic amines) is 1. The highest BCUT2D eigenvalue weighted by Crippen LogP contribution is 2.29. The lowest BCUT2D eigenvalue weighted by atomic mass is 10.1. The van der Waals surface area contributed by atoms with Gasteiger partial charge in [0.1, 0.15) is 5.75 Å². The van der Waals surface area contributed by atoms with Crippen molar-refractivity contribution < 1.29 is 27.5 Å². The molecule has 1 fully saturated rings. The first-order valence-corrected chi connectivity index (χ1v) is 9.90. The molecule has 9 heteroatoms. The fourth-order valence-electron chi connectivity index (χ4n) is 3.43. The summed E-state index contributed by atoms with van der Waals surface area (Å²) in [6.07, 6.45) is -3.05. The molecule has 2 N–H and O–H groups in total. The number of anilines is 1. The van der Waals surface area contributed by atoms with Crippen LogP contribution in [-0.4, -0.2) is 36.5 Å². The molecule has 3 amide bonds. The number of carbonyl (C=O) groups is 2. The van der Waals surface area contributed by atoms with E-state index in [1.165, 1.54) is 12.1 Å². The SMILES string of the molecule is COc1cccc(CN2CCC(NC(=O)Nc3ccc(C(F)(F)F)cc3)CCC2=O)c1. The van der Waals surface area contributed by atoms with E-state index in [0.717, 1.165) is 23.4 Å². The van der Waals surface area contributed by atoms with Crippen LogP contribution >= 0.6 is 0 Å². The normalized spacial score (nSPS) is 17.1. The zero-order valence-corrected chi connectivity index (χ0v) is 17.0. The average molecular weight is 435 g/mol. The third-order valence-corrected chi connectivity index (χ3v) is 5.12. The number of urea groups is 1. The summed E-state index contributed by atoms with van der Waals surface area (Å²) < 4.78 is 43.1. The molecule has 0 radical (unpaired) electrons. The molecular formula is C22H24F3N3O3. The van der Waals surface area contributed by atoms with E-state index in [1.807, 2.05) is 24.3 Å². The Morgan fingerprint density at radius 2 is 1.90 bits per heavy atom. The second-order valence-corrected chi connectivity index (χ2v) is 7.36. The Labute approximate surface area is 178 Å². The Morgan fingerprint density at radius 1 is 1.16 bits per heavy atom. The van der Waals surface area contributed by atoms with Crippen LogP contribution in [0.15, 0.2) is 48.5 Å². The van der Waals surface area contributed by atoms with Gasteiger partial charge in [0.15, 0.2) is 0 Å². The summed E-state index contributed by atoms with van der Waals surface area (Å²) in [4.78, 5) is 26.5. The summed E-state index contributed by atoms with van der Waals surface area (Å²) in [6.45, 7) is 0.946. The van der Waals surface area contributed by atoms with Crippen LogP contribution in [0.5, 0.6) is 5.75 Å². The highest BCUT2D eigenvalue weighted by atomic mass is 19.4. The van der Waals surface area contributed by atoms with Gasteiger partial charge in [-0.25, -0.2) is 4.79 Å². The van der Waals surface area contributed by atoms with Gasteiger partial charge in [0, 0.05) is 31.2 Å². The lowest BCUT2D eigenvalue weighted by Gasteiger charge is -2.21. The van der Waals surface area contributed by atoms with Gasteiger partial charge in [0.25, 0.3) is 0 Å². The molecule has 1 aliphatic heterocycles. The Kier molecular flexibility index (Phi) is 7.04. The Balaban J connectivity index is 1.52. The molecule has 166 valence electrons. The molecule has 0 bridgehead atoms. The number of alkyl halides is 3. The molecule has 1 saturated heterocycles. The van der Waals surface area contributed by atoms with Gasteiger partial charge < -0.3 is 20.3 Å². The van der Waals surface area contributed by atoms with Gasteiger partial charge in [-0.3, -0.25) is 4.79 Å². The van der Waals surface area contributed by atoms with Crippen molar-refractivity contribution in [3.63, 3.8) is 0 Å².